The van der Waals surface area contributed by atoms with Crippen LogP contribution in [-0.2, 0) is 22.3 Å². The topological polar surface area (TPSA) is 106 Å². The van der Waals surface area contributed by atoms with Crippen molar-refractivity contribution in [2.75, 3.05) is 18.4 Å². The van der Waals surface area contributed by atoms with Gasteiger partial charge in [-0.05, 0) is 87.7 Å². The Bertz CT molecular complexity index is 1760. The van der Waals surface area contributed by atoms with Gasteiger partial charge in [-0.2, -0.15) is 18.3 Å². The lowest BCUT2D eigenvalue weighted by molar-refractivity contribution is -0.137. The SMILES string of the molecule is CC(C)(C)OC(=O)N1CCC(C(=O)NCc2ccc(Cl)c(C(=O)Nc3cccc4c3cnn4-c3ccc(C(F)(F)F)cc3)c2)CC1. The Kier molecular flexibility index (Phi) is 9.29. The maximum Gasteiger partial charge on any atom is 0.416 e. The fourth-order valence-corrected chi connectivity index (χ4v) is 5.39. The minimum absolute atomic E-state index is 0.137. The molecule has 0 atom stereocenters. The first-order valence-corrected chi connectivity index (χ1v) is 15.1. The molecule has 2 heterocycles. The summed E-state index contributed by atoms with van der Waals surface area (Å²) < 4.78 is 45.9. The van der Waals surface area contributed by atoms with E-state index >= 15 is 0 Å². The van der Waals surface area contributed by atoms with Crippen LogP contribution in [-0.4, -0.2) is 51.3 Å². The summed E-state index contributed by atoms with van der Waals surface area (Å²) in [6, 6.07) is 14.7. The summed E-state index contributed by atoms with van der Waals surface area (Å²) in [4.78, 5) is 40.1. The molecule has 0 aliphatic carbocycles. The van der Waals surface area contributed by atoms with E-state index in [1.165, 1.54) is 23.0 Å². The van der Waals surface area contributed by atoms with Crippen LogP contribution in [0.2, 0.25) is 5.02 Å². The highest BCUT2D eigenvalue weighted by molar-refractivity contribution is 6.34. The lowest BCUT2D eigenvalue weighted by atomic mass is 9.96. The summed E-state index contributed by atoms with van der Waals surface area (Å²) >= 11 is 6.38. The molecule has 2 N–H and O–H groups in total. The van der Waals surface area contributed by atoms with Crippen LogP contribution in [0.5, 0.6) is 0 Å². The molecule has 0 unspecified atom stereocenters. The van der Waals surface area contributed by atoms with Crippen LogP contribution >= 0.6 is 11.6 Å². The number of rotatable bonds is 6. The molecule has 0 radical (unpaired) electrons. The Morgan fingerprint density at radius 3 is 2.35 bits per heavy atom. The molecular weight excluding hydrogens is 623 g/mol. The molecule has 0 saturated carbocycles. The van der Waals surface area contributed by atoms with Crippen molar-refractivity contribution in [3.63, 3.8) is 0 Å². The molecule has 0 spiro atoms. The van der Waals surface area contributed by atoms with Crippen LogP contribution in [0.3, 0.4) is 0 Å². The van der Waals surface area contributed by atoms with Gasteiger partial charge in [0.2, 0.25) is 5.91 Å². The van der Waals surface area contributed by atoms with Crippen LogP contribution in [0.25, 0.3) is 16.6 Å². The molecule has 3 amide bonds. The van der Waals surface area contributed by atoms with Crippen molar-refractivity contribution in [3.8, 4) is 5.69 Å². The Balaban J connectivity index is 1.22. The summed E-state index contributed by atoms with van der Waals surface area (Å²) in [7, 11) is 0. The lowest BCUT2D eigenvalue weighted by Gasteiger charge is -2.32. The van der Waals surface area contributed by atoms with Gasteiger partial charge < -0.3 is 20.3 Å². The molecule has 9 nitrogen and oxygen atoms in total. The normalized spacial score (nSPS) is 14.3. The molecule has 5 rings (SSSR count). The number of nitrogens with one attached hydrogen (secondary N) is 2. The quantitative estimate of drug-likeness (QED) is 0.228. The van der Waals surface area contributed by atoms with Gasteiger partial charge in [0.15, 0.2) is 0 Å². The zero-order valence-electron chi connectivity index (χ0n) is 25.5. The van der Waals surface area contributed by atoms with Crippen molar-refractivity contribution in [1.82, 2.24) is 20.0 Å². The third-order valence-electron chi connectivity index (χ3n) is 7.56. The van der Waals surface area contributed by atoms with E-state index in [-0.39, 0.29) is 35.0 Å². The number of anilines is 1. The van der Waals surface area contributed by atoms with Gasteiger partial charge in [-0.15, -0.1) is 0 Å². The second-order valence-corrected chi connectivity index (χ2v) is 12.5. The molecule has 13 heteroatoms. The van der Waals surface area contributed by atoms with Crippen LogP contribution in [0, 0.1) is 5.92 Å². The first-order valence-electron chi connectivity index (χ1n) is 14.7. The highest BCUT2D eigenvalue weighted by atomic mass is 35.5. The first-order chi connectivity index (χ1) is 21.7. The van der Waals surface area contributed by atoms with Gasteiger partial charge >= 0.3 is 12.3 Å². The molecule has 1 saturated heterocycles. The second-order valence-electron chi connectivity index (χ2n) is 12.1. The summed E-state index contributed by atoms with van der Waals surface area (Å²) in [6.07, 6.45) is -2.29. The highest BCUT2D eigenvalue weighted by Gasteiger charge is 2.31. The number of likely N-dealkylation sites (tertiary alicyclic amines) is 1. The van der Waals surface area contributed by atoms with Gasteiger partial charge in [-0.3, -0.25) is 9.59 Å². The Labute approximate surface area is 268 Å². The number of ether oxygens (including phenoxy) is 1. The third kappa shape index (κ3) is 7.61. The predicted molar refractivity (Wildman–Crippen MR) is 168 cm³/mol. The van der Waals surface area contributed by atoms with Crippen molar-refractivity contribution >= 4 is 46.1 Å². The number of hydrogen-bond acceptors (Lipinski definition) is 5. The van der Waals surface area contributed by atoms with E-state index in [1.807, 2.05) is 20.8 Å². The van der Waals surface area contributed by atoms with E-state index < -0.39 is 23.2 Å². The van der Waals surface area contributed by atoms with Gasteiger partial charge in [0.1, 0.15) is 5.60 Å². The van der Waals surface area contributed by atoms with Crippen LogP contribution in [0.1, 0.15) is 55.1 Å². The maximum absolute atomic E-state index is 13.3. The molecule has 0 bridgehead atoms. The highest BCUT2D eigenvalue weighted by Crippen LogP contribution is 2.31. The van der Waals surface area contributed by atoms with Gasteiger partial charge in [0, 0.05) is 30.9 Å². The summed E-state index contributed by atoms with van der Waals surface area (Å²) in [6.45, 7) is 6.45. The number of hydrogen-bond donors (Lipinski definition) is 2. The molecule has 1 aliphatic rings. The van der Waals surface area contributed by atoms with E-state index in [0.29, 0.717) is 53.8 Å². The third-order valence-corrected chi connectivity index (χ3v) is 7.89. The summed E-state index contributed by atoms with van der Waals surface area (Å²) in [5.41, 5.74) is 0.964. The summed E-state index contributed by atoms with van der Waals surface area (Å²) in [5, 5.41) is 10.9. The van der Waals surface area contributed by atoms with E-state index in [0.717, 1.165) is 12.1 Å². The summed E-state index contributed by atoms with van der Waals surface area (Å²) in [5.74, 6) is -0.873. The number of aromatic nitrogens is 2. The van der Waals surface area contributed by atoms with Crippen molar-refractivity contribution in [1.29, 1.82) is 0 Å². The number of amides is 3. The molecule has 242 valence electrons. The molecule has 4 aromatic rings. The second kappa shape index (κ2) is 13.0. The Morgan fingerprint density at radius 2 is 1.70 bits per heavy atom. The fourth-order valence-electron chi connectivity index (χ4n) is 5.19. The Hall–Kier alpha value is -4.58. The van der Waals surface area contributed by atoms with Crippen molar-refractivity contribution < 1.29 is 32.3 Å². The minimum atomic E-state index is -4.45. The number of carbonyl (C=O) groups excluding carboxylic acids is 3. The average molecular weight is 656 g/mol. The van der Waals surface area contributed by atoms with Gasteiger partial charge in [0.25, 0.3) is 5.91 Å². The van der Waals surface area contributed by atoms with Crippen LogP contribution < -0.4 is 10.6 Å². The number of nitrogens with zero attached hydrogens (tertiary/aromatic N) is 3. The predicted octanol–water partition coefficient (Wildman–Crippen LogP) is 7.21. The van der Waals surface area contributed by atoms with E-state index in [2.05, 4.69) is 15.7 Å². The van der Waals surface area contributed by atoms with E-state index in [4.69, 9.17) is 16.3 Å². The maximum atomic E-state index is 13.3. The number of halogens is 4. The molecule has 46 heavy (non-hydrogen) atoms. The number of fused-ring (bicyclic) bond motifs is 1. The molecule has 1 fully saturated rings. The fraction of sp³-hybridized carbons (Fsp3) is 0.333. The largest absolute Gasteiger partial charge is 0.444 e. The molecule has 1 aromatic heterocycles. The number of carbonyl (C=O) groups is 3. The van der Waals surface area contributed by atoms with Crippen molar-refractivity contribution in [2.45, 2.75) is 51.9 Å². The number of alkyl halides is 3. The number of benzene rings is 3. The van der Waals surface area contributed by atoms with E-state index in [1.54, 1.807) is 41.3 Å². The molecule has 1 aliphatic heterocycles. The zero-order chi connectivity index (χ0) is 33.2. The van der Waals surface area contributed by atoms with Gasteiger partial charge in [-0.25, -0.2) is 9.48 Å². The van der Waals surface area contributed by atoms with Crippen LogP contribution in [0.4, 0.5) is 23.7 Å². The molecular formula is C33H33ClF3N5O4. The lowest BCUT2D eigenvalue weighted by Crippen LogP contribution is -2.44. The smallest absolute Gasteiger partial charge is 0.416 e. The number of piperidine rings is 1. The van der Waals surface area contributed by atoms with E-state index in [9.17, 15) is 27.6 Å². The zero-order valence-corrected chi connectivity index (χ0v) is 26.2. The van der Waals surface area contributed by atoms with Gasteiger partial charge in [-0.1, -0.05) is 23.7 Å². The minimum Gasteiger partial charge on any atom is -0.444 e. The monoisotopic (exact) mass is 655 g/mol. The standard InChI is InChI=1S/C33H33ClF3N5O4/c1-32(2,3)46-31(45)41-15-13-21(14-16-41)29(43)38-18-20-7-12-26(34)24(17-20)30(44)40-27-5-4-6-28-25(27)19-39-42(28)23-10-8-22(9-11-23)33(35,36)37/h4-12,17,19,21H,13-16,18H2,1-3H3,(H,38,43)(H,40,44). The van der Waals surface area contributed by atoms with Gasteiger partial charge in [0.05, 0.1) is 39.2 Å². The van der Waals surface area contributed by atoms with Crippen LogP contribution in [0.15, 0.2) is 66.9 Å². The first kappa shape index (κ1) is 32.8. The average Bonchev–Trinajstić information content (AvgIpc) is 3.44. The Morgan fingerprint density at radius 1 is 1.00 bits per heavy atom. The van der Waals surface area contributed by atoms with Crippen molar-refractivity contribution in [2.24, 2.45) is 5.92 Å². The van der Waals surface area contributed by atoms with Crippen molar-refractivity contribution in [3.05, 3.63) is 88.6 Å². The molecule has 3 aromatic carbocycles.